The van der Waals surface area contributed by atoms with Crippen molar-refractivity contribution in [1.82, 2.24) is 0 Å². The molecule has 6 atom stereocenters. The Balaban J connectivity index is 3.27. The molecule has 0 aromatic heterocycles. The third-order valence-corrected chi connectivity index (χ3v) is 3.66. The molecule has 0 saturated carbocycles. The first-order valence-electron chi connectivity index (χ1n) is 8.49. The highest BCUT2D eigenvalue weighted by Crippen LogP contribution is 2.31. The van der Waals surface area contributed by atoms with Crippen molar-refractivity contribution in [2.45, 2.75) is 77.7 Å². The Hall–Kier alpha value is -2.20. The molecule has 1 aliphatic heterocycles. The maximum atomic E-state index is 11.6. The van der Waals surface area contributed by atoms with Gasteiger partial charge in [-0.05, 0) is 6.92 Å². The van der Waals surface area contributed by atoms with E-state index < -0.39 is 60.5 Å². The smallest absolute Gasteiger partial charge is 0.303 e. The van der Waals surface area contributed by atoms with E-state index in [0.29, 0.717) is 0 Å². The lowest BCUT2D eigenvalue weighted by molar-refractivity contribution is -0.255. The molecule has 1 aliphatic rings. The summed E-state index contributed by atoms with van der Waals surface area (Å²) in [4.78, 5) is 45.8. The summed E-state index contributed by atoms with van der Waals surface area (Å²) in [5, 5.41) is 9.74. The second kappa shape index (κ2) is 10.2. The first-order chi connectivity index (χ1) is 12.5. The summed E-state index contributed by atoms with van der Waals surface area (Å²) < 4.78 is 26.5. The summed E-state index contributed by atoms with van der Waals surface area (Å²) in [7, 11) is 0. The third-order valence-electron chi connectivity index (χ3n) is 3.66. The second-order valence-electron chi connectivity index (χ2n) is 6.32. The normalized spacial score (nSPS) is 28.6. The zero-order valence-corrected chi connectivity index (χ0v) is 16.0. The highest BCUT2D eigenvalue weighted by molar-refractivity contribution is 5.68. The van der Waals surface area contributed by atoms with Gasteiger partial charge in [0.25, 0.3) is 0 Å². The van der Waals surface area contributed by atoms with Gasteiger partial charge in [0, 0.05) is 34.1 Å². The molecular weight excluding hydrogens is 364 g/mol. The molecule has 27 heavy (non-hydrogen) atoms. The van der Waals surface area contributed by atoms with Crippen molar-refractivity contribution in [2.24, 2.45) is 0 Å². The summed E-state index contributed by atoms with van der Waals surface area (Å²) in [5.41, 5.74) is 0. The van der Waals surface area contributed by atoms with Crippen LogP contribution in [0.5, 0.6) is 0 Å². The van der Waals surface area contributed by atoms with Crippen LogP contribution in [0.1, 0.15) is 41.0 Å². The van der Waals surface area contributed by atoms with E-state index in [4.69, 9.17) is 23.7 Å². The van der Waals surface area contributed by atoms with Gasteiger partial charge in [-0.2, -0.15) is 0 Å². The van der Waals surface area contributed by atoms with Gasteiger partial charge in [-0.25, -0.2) is 0 Å². The predicted molar refractivity (Wildman–Crippen MR) is 88.3 cm³/mol. The quantitative estimate of drug-likeness (QED) is 0.463. The molecule has 1 N–H and O–H groups in total. The molecular formula is C17H26O10. The Morgan fingerprint density at radius 1 is 0.815 bits per heavy atom. The third kappa shape index (κ3) is 7.51. The zero-order chi connectivity index (χ0) is 20.7. The minimum Gasteiger partial charge on any atom is -0.463 e. The SMILES string of the molecule is CC(=O)OC[C@H]1O[C@@H](CC(C)O)[C@H](OC(C)=O)[C@@H](OC(C)=O)[C@@H]1OC(C)=O. The number of rotatable bonds is 7. The number of hydrogen-bond donors (Lipinski definition) is 1. The predicted octanol–water partition coefficient (Wildman–Crippen LogP) is -0.117. The first-order valence-corrected chi connectivity index (χ1v) is 8.49. The summed E-state index contributed by atoms with van der Waals surface area (Å²) in [5.74, 6) is -2.64. The monoisotopic (exact) mass is 390 g/mol. The van der Waals surface area contributed by atoms with Crippen molar-refractivity contribution in [3.63, 3.8) is 0 Å². The topological polar surface area (TPSA) is 135 Å². The van der Waals surface area contributed by atoms with Crippen molar-refractivity contribution in [3.8, 4) is 0 Å². The molecule has 1 unspecified atom stereocenters. The lowest BCUT2D eigenvalue weighted by atomic mass is 9.91. The van der Waals surface area contributed by atoms with E-state index in [1.54, 1.807) is 0 Å². The molecule has 1 heterocycles. The van der Waals surface area contributed by atoms with Crippen LogP contribution in [-0.2, 0) is 42.9 Å². The van der Waals surface area contributed by atoms with Crippen molar-refractivity contribution in [3.05, 3.63) is 0 Å². The molecule has 0 bridgehead atoms. The Kier molecular flexibility index (Phi) is 8.64. The number of carbonyl (C=O) groups is 4. The van der Waals surface area contributed by atoms with Crippen LogP contribution >= 0.6 is 0 Å². The molecule has 1 rings (SSSR count). The lowest BCUT2D eigenvalue weighted by Gasteiger charge is -2.44. The second-order valence-corrected chi connectivity index (χ2v) is 6.32. The fourth-order valence-electron chi connectivity index (χ4n) is 2.84. The molecule has 0 aromatic carbocycles. The number of ether oxygens (including phenoxy) is 5. The Labute approximate surface area is 157 Å². The molecule has 0 aliphatic carbocycles. The summed E-state index contributed by atoms with van der Waals surface area (Å²) in [6.07, 6.45) is -6.17. The molecule has 0 amide bonds. The minimum absolute atomic E-state index is 0.0407. The Morgan fingerprint density at radius 2 is 1.26 bits per heavy atom. The van der Waals surface area contributed by atoms with Gasteiger partial charge in [-0.15, -0.1) is 0 Å². The van der Waals surface area contributed by atoms with Crippen LogP contribution < -0.4 is 0 Å². The Bertz CT molecular complexity index is 558. The van der Waals surface area contributed by atoms with Gasteiger partial charge in [0.2, 0.25) is 0 Å². The van der Waals surface area contributed by atoms with Gasteiger partial charge < -0.3 is 28.8 Å². The van der Waals surface area contributed by atoms with Gasteiger partial charge in [-0.3, -0.25) is 19.2 Å². The molecule has 10 nitrogen and oxygen atoms in total. The summed E-state index contributed by atoms with van der Waals surface area (Å²) in [6.45, 7) is 5.88. The maximum absolute atomic E-state index is 11.6. The van der Waals surface area contributed by atoms with Gasteiger partial charge in [-0.1, -0.05) is 0 Å². The number of aliphatic hydroxyl groups excluding tert-OH is 1. The largest absolute Gasteiger partial charge is 0.463 e. The van der Waals surface area contributed by atoms with Crippen molar-refractivity contribution in [1.29, 1.82) is 0 Å². The van der Waals surface area contributed by atoms with Gasteiger partial charge in [0.15, 0.2) is 18.3 Å². The van der Waals surface area contributed by atoms with E-state index >= 15 is 0 Å². The van der Waals surface area contributed by atoms with Crippen LogP contribution in [0, 0.1) is 0 Å². The molecule has 154 valence electrons. The number of hydrogen-bond acceptors (Lipinski definition) is 10. The minimum atomic E-state index is -1.20. The standard InChI is InChI=1S/C17H26O10/c1-8(18)6-13-15(24-10(3)20)17(26-12(5)22)16(25-11(4)21)14(27-13)7-23-9(2)19/h8,13-18H,6-7H2,1-5H3/t8?,13-,14+,15-,16+,17+/m0/s1. The van der Waals surface area contributed by atoms with Crippen molar-refractivity contribution < 1.29 is 48.0 Å². The van der Waals surface area contributed by atoms with E-state index in [-0.39, 0.29) is 13.0 Å². The zero-order valence-electron chi connectivity index (χ0n) is 16.0. The Morgan fingerprint density at radius 3 is 1.67 bits per heavy atom. The van der Waals surface area contributed by atoms with E-state index in [9.17, 15) is 24.3 Å². The maximum Gasteiger partial charge on any atom is 0.303 e. The van der Waals surface area contributed by atoms with Crippen LogP contribution in [0.15, 0.2) is 0 Å². The van der Waals surface area contributed by atoms with Crippen molar-refractivity contribution in [2.75, 3.05) is 6.61 Å². The highest BCUT2D eigenvalue weighted by atomic mass is 16.7. The van der Waals surface area contributed by atoms with Crippen LogP contribution in [0.2, 0.25) is 0 Å². The average molecular weight is 390 g/mol. The number of esters is 4. The average Bonchev–Trinajstić information content (AvgIpc) is 2.49. The van der Waals surface area contributed by atoms with Crippen LogP contribution in [0.3, 0.4) is 0 Å². The van der Waals surface area contributed by atoms with E-state index in [2.05, 4.69) is 0 Å². The molecule has 0 aromatic rings. The summed E-state index contributed by atoms with van der Waals surface area (Å²) in [6, 6.07) is 0. The van der Waals surface area contributed by atoms with Gasteiger partial charge >= 0.3 is 23.9 Å². The molecule has 0 spiro atoms. The van der Waals surface area contributed by atoms with Crippen molar-refractivity contribution >= 4 is 23.9 Å². The van der Waals surface area contributed by atoms with E-state index in [0.717, 1.165) is 20.8 Å². The molecule has 10 heteroatoms. The van der Waals surface area contributed by atoms with E-state index in [1.807, 2.05) is 0 Å². The van der Waals surface area contributed by atoms with Crippen LogP contribution in [-0.4, -0.2) is 72.2 Å². The molecule has 0 radical (unpaired) electrons. The summed E-state index contributed by atoms with van der Waals surface area (Å²) >= 11 is 0. The fraction of sp³-hybridized carbons (Fsp3) is 0.765. The molecule has 1 saturated heterocycles. The van der Waals surface area contributed by atoms with Gasteiger partial charge in [0.05, 0.1) is 6.10 Å². The highest BCUT2D eigenvalue weighted by Gasteiger charge is 2.52. The lowest BCUT2D eigenvalue weighted by Crippen LogP contribution is -2.62. The molecule has 1 fully saturated rings. The fourth-order valence-corrected chi connectivity index (χ4v) is 2.84. The van der Waals surface area contributed by atoms with E-state index in [1.165, 1.54) is 13.8 Å². The van der Waals surface area contributed by atoms with Crippen LogP contribution in [0.4, 0.5) is 0 Å². The van der Waals surface area contributed by atoms with Crippen LogP contribution in [0.25, 0.3) is 0 Å². The number of carbonyl (C=O) groups excluding carboxylic acids is 4. The van der Waals surface area contributed by atoms with Gasteiger partial charge in [0.1, 0.15) is 18.8 Å². The first kappa shape index (κ1) is 22.8. The number of aliphatic hydroxyl groups is 1.